The molecule has 0 radical (unpaired) electrons. The van der Waals surface area contributed by atoms with E-state index in [1.165, 1.54) is 4.68 Å². The first kappa shape index (κ1) is 11.4. The molecule has 0 atom stereocenters. The third-order valence-electron chi connectivity index (χ3n) is 2.97. The van der Waals surface area contributed by atoms with Crippen LogP contribution in [-0.4, -0.2) is 35.5 Å². The fourth-order valence-corrected chi connectivity index (χ4v) is 2.10. The zero-order valence-corrected chi connectivity index (χ0v) is 10.4. The van der Waals surface area contributed by atoms with Crippen molar-refractivity contribution in [3.05, 3.63) is 41.5 Å². The Bertz CT molecular complexity index is 787. The van der Waals surface area contributed by atoms with Gasteiger partial charge in [0.05, 0.1) is 17.6 Å². The lowest BCUT2D eigenvalue weighted by Gasteiger charge is -2.03. The molecule has 1 N–H and O–H groups in total. The van der Waals surface area contributed by atoms with Gasteiger partial charge in [0.25, 0.3) is 0 Å². The Labute approximate surface area is 108 Å². The second-order valence-electron chi connectivity index (χ2n) is 4.18. The summed E-state index contributed by atoms with van der Waals surface area (Å²) in [6, 6.07) is 3.51. The zero-order valence-electron chi connectivity index (χ0n) is 10.4. The molecule has 7 nitrogen and oxygen atoms in total. The van der Waals surface area contributed by atoms with E-state index in [1.807, 2.05) is 0 Å². The lowest BCUT2D eigenvalue weighted by Crippen LogP contribution is -2.05. The van der Waals surface area contributed by atoms with Crippen molar-refractivity contribution in [1.29, 1.82) is 0 Å². The van der Waals surface area contributed by atoms with E-state index in [0.29, 0.717) is 22.9 Å². The minimum absolute atomic E-state index is 0.218. The molecule has 7 heteroatoms. The summed E-state index contributed by atoms with van der Waals surface area (Å²) in [6.07, 6.45) is 3.41. The average Bonchev–Trinajstić information content (AvgIpc) is 2.92. The van der Waals surface area contributed by atoms with Crippen molar-refractivity contribution in [2.45, 2.75) is 13.8 Å². The quantitative estimate of drug-likeness (QED) is 0.746. The monoisotopic (exact) mass is 257 g/mol. The molecule has 3 rings (SSSR count). The Hall–Kier alpha value is -2.70. The van der Waals surface area contributed by atoms with E-state index >= 15 is 0 Å². The van der Waals surface area contributed by atoms with Crippen LogP contribution in [0.25, 0.3) is 11.5 Å². The van der Waals surface area contributed by atoms with E-state index in [-0.39, 0.29) is 5.56 Å². The van der Waals surface area contributed by atoms with E-state index in [9.17, 15) is 4.79 Å². The number of fused-ring (bicyclic) bond motifs is 1. The van der Waals surface area contributed by atoms with Crippen LogP contribution in [0.4, 0.5) is 0 Å². The number of aromatic nitrogens is 5. The molecule has 0 bridgehead atoms. The summed E-state index contributed by atoms with van der Waals surface area (Å²) in [4.78, 5) is 15.6. The summed E-state index contributed by atoms with van der Waals surface area (Å²) in [6.45, 7) is 3.38. The Balaban J connectivity index is 2.21. The number of hydrogen-bond donors (Lipinski definition) is 1. The summed E-state index contributed by atoms with van der Waals surface area (Å²) in [5.74, 6) is -0.409. The van der Waals surface area contributed by atoms with Crippen LogP contribution >= 0.6 is 0 Å². The van der Waals surface area contributed by atoms with Crippen LogP contribution in [0.15, 0.2) is 24.5 Å². The van der Waals surface area contributed by atoms with Crippen LogP contribution in [0.2, 0.25) is 0 Å². The number of hydrogen-bond acceptors (Lipinski definition) is 4. The van der Waals surface area contributed by atoms with Gasteiger partial charge in [-0.15, -0.1) is 0 Å². The Morgan fingerprint density at radius 1 is 1.32 bits per heavy atom. The van der Waals surface area contributed by atoms with E-state index in [0.717, 1.165) is 0 Å². The van der Waals surface area contributed by atoms with Crippen LogP contribution in [0, 0.1) is 13.8 Å². The molecule has 0 aliphatic heterocycles. The lowest BCUT2D eigenvalue weighted by molar-refractivity contribution is 0.0695. The van der Waals surface area contributed by atoms with Crippen LogP contribution in [0.1, 0.15) is 21.7 Å². The van der Waals surface area contributed by atoms with Gasteiger partial charge in [0.15, 0.2) is 11.5 Å². The highest BCUT2D eigenvalue weighted by Gasteiger charge is 2.19. The number of aromatic carboxylic acids is 1. The molecular formula is C12H11N5O2. The highest BCUT2D eigenvalue weighted by molar-refractivity contribution is 5.90. The number of rotatable bonds is 2. The maximum Gasteiger partial charge on any atom is 0.339 e. The predicted octanol–water partition coefficient (Wildman–Crippen LogP) is 1.23. The Kier molecular flexibility index (Phi) is 2.34. The predicted molar refractivity (Wildman–Crippen MR) is 66.5 cm³/mol. The molecule has 19 heavy (non-hydrogen) atoms. The molecule has 0 aromatic carbocycles. The van der Waals surface area contributed by atoms with Crippen molar-refractivity contribution >= 4 is 11.6 Å². The molecule has 0 amide bonds. The van der Waals surface area contributed by atoms with Gasteiger partial charge in [-0.25, -0.2) is 19.0 Å². The van der Waals surface area contributed by atoms with Gasteiger partial charge < -0.3 is 5.11 Å². The van der Waals surface area contributed by atoms with Gasteiger partial charge in [0.1, 0.15) is 5.56 Å². The maximum atomic E-state index is 11.2. The molecule has 96 valence electrons. The van der Waals surface area contributed by atoms with Gasteiger partial charge in [-0.2, -0.15) is 10.2 Å². The summed E-state index contributed by atoms with van der Waals surface area (Å²) >= 11 is 0. The molecule has 3 heterocycles. The van der Waals surface area contributed by atoms with E-state index in [4.69, 9.17) is 5.11 Å². The minimum Gasteiger partial charge on any atom is -0.478 e. The second kappa shape index (κ2) is 3.91. The van der Waals surface area contributed by atoms with Gasteiger partial charge in [0.2, 0.25) is 0 Å². The van der Waals surface area contributed by atoms with Crippen molar-refractivity contribution in [2.75, 3.05) is 0 Å². The number of carboxylic acid groups (broad SMARTS) is 1. The van der Waals surface area contributed by atoms with E-state index < -0.39 is 5.97 Å². The van der Waals surface area contributed by atoms with Crippen molar-refractivity contribution in [3.8, 4) is 5.82 Å². The largest absolute Gasteiger partial charge is 0.478 e. The summed E-state index contributed by atoms with van der Waals surface area (Å²) < 4.78 is 3.17. The van der Waals surface area contributed by atoms with Crippen LogP contribution in [-0.2, 0) is 0 Å². The smallest absolute Gasteiger partial charge is 0.339 e. The van der Waals surface area contributed by atoms with Crippen molar-refractivity contribution in [3.63, 3.8) is 0 Å². The topological polar surface area (TPSA) is 85.3 Å². The molecule has 3 aromatic heterocycles. The number of carbonyl (C=O) groups is 1. The normalized spacial score (nSPS) is 11.1. The number of nitrogens with zero attached hydrogens (tertiary/aromatic N) is 5. The van der Waals surface area contributed by atoms with Gasteiger partial charge in [-0.05, 0) is 13.8 Å². The third kappa shape index (κ3) is 1.67. The molecule has 0 aliphatic carbocycles. The summed E-state index contributed by atoms with van der Waals surface area (Å²) in [5, 5.41) is 17.5. The Morgan fingerprint density at radius 3 is 2.79 bits per heavy atom. The first-order valence-corrected chi connectivity index (χ1v) is 5.68. The second-order valence-corrected chi connectivity index (χ2v) is 4.18. The Morgan fingerprint density at radius 2 is 2.11 bits per heavy atom. The fourth-order valence-electron chi connectivity index (χ4n) is 2.10. The van der Waals surface area contributed by atoms with Crippen molar-refractivity contribution < 1.29 is 9.90 Å². The highest BCUT2D eigenvalue weighted by atomic mass is 16.4. The van der Waals surface area contributed by atoms with Crippen LogP contribution in [0.5, 0.6) is 0 Å². The van der Waals surface area contributed by atoms with Crippen molar-refractivity contribution in [2.24, 2.45) is 0 Å². The molecule has 0 aliphatic rings. The SMILES string of the molecule is Cc1nn(-c2ccn3nccc3n2)c(C)c1C(=O)O. The molecule has 0 fully saturated rings. The number of carboxylic acids is 1. The first-order valence-electron chi connectivity index (χ1n) is 5.68. The van der Waals surface area contributed by atoms with Gasteiger partial charge >= 0.3 is 5.97 Å². The van der Waals surface area contributed by atoms with Gasteiger partial charge in [0, 0.05) is 18.3 Å². The van der Waals surface area contributed by atoms with Crippen molar-refractivity contribution in [1.82, 2.24) is 24.4 Å². The van der Waals surface area contributed by atoms with E-state index in [1.54, 1.807) is 42.9 Å². The molecular weight excluding hydrogens is 246 g/mol. The molecule has 0 spiro atoms. The number of aryl methyl sites for hydroxylation is 1. The lowest BCUT2D eigenvalue weighted by atomic mass is 10.2. The molecule has 3 aromatic rings. The molecule has 0 saturated heterocycles. The summed E-state index contributed by atoms with van der Waals surface area (Å²) in [5.41, 5.74) is 1.93. The van der Waals surface area contributed by atoms with Crippen LogP contribution in [0.3, 0.4) is 0 Å². The average molecular weight is 257 g/mol. The molecule has 0 saturated carbocycles. The fraction of sp³-hybridized carbons (Fsp3) is 0.167. The highest BCUT2D eigenvalue weighted by Crippen LogP contribution is 2.17. The third-order valence-corrected chi connectivity index (χ3v) is 2.97. The zero-order chi connectivity index (χ0) is 13.6. The summed E-state index contributed by atoms with van der Waals surface area (Å²) in [7, 11) is 0. The first-order chi connectivity index (χ1) is 9.08. The minimum atomic E-state index is -0.980. The van der Waals surface area contributed by atoms with E-state index in [2.05, 4.69) is 15.2 Å². The van der Waals surface area contributed by atoms with Crippen LogP contribution < -0.4 is 0 Å². The molecule has 0 unspecified atom stereocenters. The van der Waals surface area contributed by atoms with Gasteiger partial charge in [-0.1, -0.05) is 0 Å². The maximum absolute atomic E-state index is 11.2. The standard InChI is InChI=1S/C12H11N5O2/c1-7-11(12(18)19)8(2)17(15-7)10-4-6-16-9(14-10)3-5-13-16/h3-6H,1-2H3,(H,18,19). The van der Waals surface area contributed by atoms with Gasteiger partial charge in [-0.3, -0.25) is 0 Å².